The summed E-state index contributed by atoms with van der Waals surface area (Å²) in [6, 6.07) is 4.33. The second kappa shape index (κ2) is 11.1. The van der Waals surface area contributed by atoms with Gasteiger partial charge in [-0.3, -0.25) is 18.9 Å². The molecule has 3 rings (SSSR count). The molecule has 2 aromatic heterocycles. The lowest BCUT2D eigenvalue weighted by molar-refractivity contribution is -0.0449. The van der Waals surface area contributed by atoms with E-state index in [0.717, 1.165) is 4.57 Å². The van der Waals surface area contributed by atoms with E-state index in [1.807, 2.05) is 0 Å². The molecule has 198 valence electrons. The normalized spacial score (nSPS) is 23.5. The molecule has 1 aliphatic heterocycles. The lowest BCUT2D eigenvalue weighted by Crippen LogP contribution is -2.29. The molecule has 0 radical (unpaired) electrons. The number of aliphatic hydroxyl groups excluding tert-OH is 1. The molecule has 0 bridgehead atoms. The van der Waals surface area contributed by atoms with E-state index >= 15 is 0 Å². The van der Waals surface area contributed by atoms with Crippen LogP contribution in [0.25, 0.3) is 0 Å². The van der Waals surface area contributed by atoms with Gasteiger partial charge in [0.25, 0.3) is 5.91 Å². The standard InChI is InChI=1S/C15H19N4O14P3/c20-10-6-13(31-11(10)8-30-35(26,27)33-36(28,29)32-34(23,24)25)19-5-3-12(18-15(19)22)17-14(21)9-2-1-4-16-7-9/h1-5,7,10-11,13,20H,6,8H2,(H,26,27)(H,28,29)(H2,23,24,25)(H,17,18,21,22)/t10-,11+,13+/m0/s1. The Balaban J connectivity index is 1.60. The molecule has 36 heavy (non-hydrogen) atoms. The van der Waals surface area contributed by atoms with E-state index in [4.69, 9.17) is 19.4 Å². The smallest absolute Gasteiger partial charge is 0.390 e. The minimum atomic E-state index is -5.71. The van der Waals surface area contributed by atoms with Crippen molar-refractivity contribution in [3.8, 4) is 0 Å². The van der Waals surface area contributed by atoms with Crippen molar-refractivity contribution in [1.82, 2.24) is 14.5 Å². The Bertz CT molecular complexity index is 1300. The third-order valence-corrected chi connectivity index (χ3v) is 8.13. The first-order chi connectivity index (χ1) is 16.6. The molecule has 1 saturated heterocycles. The summed E-state index contributed by atoms with van der Waals surface area (Å²) in [7, 11) is -16.7. The number of nitrogens with one attached hydrogen (secondary N) is 1. The van der Waals surface area contributed by atoms with E-state index in [1.54, 1.807) is 6.07 Å². The highest BCUT2D eigenvalue weighted by atomic mass is 31.3. The van der Waals surface area contributed by atoms with Gasteiger partial charge in [-0.1, -0.05) is 0 Å². The van der Waals surface area contributed by atoms with Gasteiger partial charge < -0.3 is 34.7 Å². The monoisotopic (exact) mass is 572 g/mol. The number of aromatic nitrogens is 3. The van der Waals surface area contributed by atoms with Crippen LogP contribution in [0.5, 0.6) is 0 Å². The fourth-order valence-electron chi connectivity index (χ4n) is 2.89. The maximum atomic E-state index is 12.4. The van der Waals surface area contributed by atoms with Gasteiger partial charge in [0, 0.05) is 25.0 Å². The van der Waals surface area contributed by atoms with E-state index < -0.39 is 60.1 Å². The van der Waals surface area contributed by atoms with Crippen molar-refractivity contribution in [3.63, 3.8) is 0 Å². The Labute approximate surface area is 200 Å². The molecule has 1 amide bonds. The number of phosphoric acid groups is 3. The Morgan fingerprint density at radius 1 is 1.17 bits per heavy atom. The zero-order valence-corrected chi connectivity index (χ0v) is 20.4. The summed E-state index contributed by atoms with van der Waals surface area (Å²) in [6.07, 6.45) is 0.00725. The molecule has 0 saturated carbocycles. The van der Waals surface area contributed by atoms with Crippen LogP contribution in [-0.4, -0.2) is 63.9 Å². The van der Waals surface area contributed by atoms with Crippen LogP contribution in [0.3, 0.4) is 0 Å². The summed E-state index contributed by atoms with van der Waals surface area (Å²) in [5.74, 6) is -0.639. The zero-order chi connectivity index (χ0) is 26.7. The van der Waals surface area contributed by atoms with Crippen LogP contribution in [-0.2, 0) is 31.6 Å². The number of carbonyl (C=O) groups excluding carboxylic acids is 1. The zero-order valence-electron chi connectivity index (χ0n) is 17.7. The third kappa shape index (κ3) is 8.18. The van der Waals surface area contributed by atoms with E-state index in [-0.39, 0.29) is 17.8 Å². The van der Waals surface area contributed by atoms with Gasteiger partial charge >= 0.3 is 29.2 Å². The van der Waals surface area contributed by atoms with E-state index in [1.165, 1.54) is 30.7 Å². The molecule has 2 unspecified atom stereocenters. The average molecular weight is 572 g/mol. The van der Waals surface area contributed by atoms with Crippen molar-refractivity contribution in [2.45, 2.75) is 24.9 Å². The highest BCUT2D eigenvalue weighted by Crippen LogP contribution is 2.66. The van der Waals surface area contributed by atoms with Gasteiger partial charge in [-0.25, -0.2) is 18.5 Å². The number of rotatable bonds is 10. The molecule has 0 spiro atoms. The predicted octanol–water partition coefficient (Wildman–Crippen LogP) is -0.118. The topological polar surface area (TPSA) is 266 Å². The molecule has 5 atom stereocenters. The number of aliphatic hydroxyl groups is 1. The predicted molar refractivity (Wildman–Crippen MR) is 115 cm³/mol. The second-order valence-corrected chi connectivity index (χ2v) is 11.4. The first kappa shape index (κ1) is 28.4. The fourth-order valence-corrected chi connectivity index (χ4v) is 5.92. The molecule has 18 nitrogen and oxygen atoms in total. The van der Waals surface area contributed by atoms with Gasteiger partial charge in [-0.05, 0) is 18.2 Å². The van der Waals surface area contributed by atoms with E-state index in [0.29, 0.717) is 0 Å². The summed E-state index contributed by atoms with van der Waals surface area (Å²) >= 11 is 0. The van der Waals surface area contributed by atoms with Gasteiger partial charge in [0.15, 0.2) is 0 Å². The van der Waals surface area contributed by atoms with Crippen molar-refractivity contribution in [1.29, 1.82) is 0 Å². The lowest BCUT2D eigenvalue weighted by Gasteiger charge is -2.19. The largest absolute Gasteiger partial charge is 0.490 e. The van der Waals surface area contributed by atoms with Crippen LogP contribution in [0.1, 0.15) is 23.0 Å². The number of hydrogen-bond acceptors (Lipinski definition) is 12. The first-order valence-corrected chi connectivity index (χ1v) is 14.1. The Morgan fingerprint density at radius 2 is 1.89 bits per heavy atom. The summed E-state index contributed by atoms with van der Waals surface area (Å²) in [6.45, 7) is -0.900. The summed E-state index contributed by atoms with van der Waals surface area (Å²) < 4.78 is 51.8. The number of hydrogen-bond donors (Lipinski definition) is 6. The highest BCUT2D eigenvalue weighted by Gasteiger charge is 2.43. The van der Waals surface area contributed by atoms with Crippen molar-refractivity contribution in [2.24, 2.45) is 0 Å². The molecule has 3 heterocycles. The maximum absolute atomic E-state index is 12.4. The van der Waals surface area contributed by atoms with Gasteiger partial charge in [-0.15, -0.1) is 0 Å². The average Bonchev–Trinajstić information content (AvgIpc) is 3.10. The molecule has 0 aliphatic carbocycles. The maximum Gasteiger partial charge on any atom is 0.490 e. The third-order valence-electron chi connectivity index (χ3n) is 4.33. The molecular formula is C15H19N4O14P3. The van der Waals surface area contributed by atoms with Crippen LogP contribution in [0.15, 0.2) is 41.6 Å². The Morgan fingerprint density at radius 3 is 2.50 bits per heavy atom. The van der Waals surface area contributed by atoms with Gasteiger partial charge in [0.05, 0.1) is 18.3 Å². The number of anilines is 1. The molecule has 6 N–H and O–H groups in total. The van der Waals surface area contributed by atoms with E-state index in [2.05, 4.69) is 28.4 Å². The second-order valence-electron chi connectivity index (χ2n) is 7.02. The molecule has 1 aliphatic rings. The van der Waals surface area contributed by atoms with Gasteiger partial charge in [0.1, 0.15) is 18.1 Å². The minimum Gasteiger partial charge on any atom is -0.390 e. The van der Waals surface area contributed by atoms with E-state index in [9.17, 15) is 33.3 Å². The van der Waals surface area contributed by atoms with Crippen LogP contribution >= 0.6 is 23.5 Å². The fraction of sp³-hybridized carbons (Fsp3) is 0.333. The number of nitrogens with zero attached hydrogens (tertiary/aromatic N) is 3. The molecular weight excluding hydrogens is 553 g/mol. The Hall–Kier alpha value is -2.17. The molecule has 21 heteroatoms. The van der Waals surface area contributed by atoms with Crippen LogP contribution in [0.2, 0.25) is 0 Å². The van der Waals surface area contributed by atoms with Crippen molar-refractivity contribution < 1.29 is 61.1 Å². The molecule has 2 aromatic rings. The number of carbonyl (C=O) groups is 1. The highest BCUT2D eigenvalue weighted by molar-refractivity contribution is 7.66. The quantitative estimate of drug-likeness (QED) is 0.203. The van der Waals surface area contributed by atoms with Crippen LogP contribution < -0.4 is 11.0 Å². The van der Waals surface area contributed by atoms with Gasteiger partial charge in [-0.2, -0.15) is 13.6 Å². The van der Waals surface area contributed by atoms with Gasteiger partial charge in [0.2, 0.25) is 0 Å². The van der Waals surface area contributed by atoms with Crippen molar-refractivity contribution in [2.75, 3.05) is 11.9 Å². The Kier molecular flexibility index (Phi) is 8.73. The first-order valence-electron chi connectivity index (χ1n) is 9.56. The number of pyridine rings is 1. The van der Waals surface area contributed by atoms with Crippen LogP contribution in [0, 0.1) is 0 Å². The number of ether oxygens (including phenoxy) is 1. The molecule has 0 aromatic carbocycles. The summed E-state index contributed by atoms with van der Waals surface area (Å²) in [5, 5.41) is 12.6. The van der Waals surface area contributed by atoms with Crippen molar-refractivity contribution >= 4 is 35.2 Å². The number of phosphoric ester groups is 1. The van der Waals surface area contributed by atoms with Crippen LogP contribution in [0.4, 0.5) is 5.82 Å². The molecule has 1 fully saturated rings. The summed E-state index contributed by atoms with van der Waals surface area (Å²) in [4.78, 5) is 67.8. The number of amides is 1. The summed E-state index contributed by atoms with van der Waals surface area (Å²) in [5.41, 5.74) is -0.644. The SMILES string of the molecule is O=C(Nc1ccn([C@H]2C[C@H](O)[C@@H](COP(=O)(O)OP(=O)(O)OP(=O)(O)O)O2)c(=O)n1)c1cccnc1. The van der Waals surface area contributed by atoms with Crippen molar-refractivity contribution in [3.05, 3.63) is 52.8 Å². The lowest BCUT2D eigenvalue weighted by atomic mass is 10.2. The minimum absolute atomic E-state index is 0.0761.